The zero-order valence-corrected chi connectivity index (χ0v) is 14.9. The molecule has 2 aliphatic rings. The number of rotatable bonds is 6. The van der Waals surface area contributed by atoms with Crippen LogP contribution in [0.15, 0.2) is 0 Å². The number of piperazine rings is 1. The average Bonchev–Trinajstić information content (AvgIpc) is 2.59. The Morgan fingerprint density at radius 1 is 0.957 bits per heavy atom. The predicted octanol–water partition coefficient (Wildman–Crippen LogP) is 0.0696. The number of hydrogen-bond donors (Lipinski definition) is 2. The number of carbonyl (C=O) groups is 1. The van der Waals surface area contributed by atoms with Gasteiger partial charge in [-0.15, -0.1) is 0 Å². The van der Waals surface area contributed by atoms with Crippen LogP contribution in [-0.4, -0.2) is 84.5 Å². The van der Waals surface area contributed by atoms with Crippen LogP contribution in [0.2, 0.25) is 0 Å². The van der Waals surface area contributed by atoms with Crippen LogP contribution in [0.5, 0.6) is 0 Å². The van der Waals surface area contributed by atoms with E-state index in [-0.39, 0.29) is 12.5 Å². The van der Waals surface area contributed by atoms with Gasteiger partial charge in [0.25, 0.3) is 0 Å². The van der Waals surface area contributed by atoms with E-state index in [2.05, 4.69) is 23.6 Å². The zero-order chi connectivity index (χ0) is 16.8. The molecule has 0 aromatic carbocycles. The number of likely N-dealkylation sites (tertiary alicyclic amines) is 1. The maximum Gasteiger partial charge on any atom is 0.236 e. The molecular weight excluding hydrogens is 290 g/mol. The van der Waals surface area contributed by atoms with Crippen molar-refractivity contribution in [2.24, 2.45) is 11.5 Å². The molecule has 0 bridgehead atoms. The highest BCUT2D eigenvalue weighted by Crippen LogP contribution is 2.18. The Hall–Kier alpha value is -0.690. The molecule has 0 aliphatic carbocycles. The van der Waals surface area contributed by atoms with Crippen molar-refractivity contribution < 1.29 is 4.79 Å². The topological polar surface area (TPSA) is 78.8 Å². The lowest BCUT2D eigenvalue weighted by Gasteiger charge is -2.39. The lowest BCUT2D eigenvalue weighted by atomic mass is 10.0. The van der Waals surface area contributed by atoms with Crippen LogP contribution in [-0.2, 0) is 4.79 Å². The van der Waals surface area contributed by atoms with Crippen molar-refractivity contribution in [2.75, 3.05) is 45.8 Å². The number of piperidine rings is 1. The van der Waals surface area contributed by atoms with Crippen molar-refractivity contribution in [3.05, 3.63) is 0 Å². The van der Waals surface area contributed by atoms with Gasteiger partial charge in [0.2, 0.25) is 5.91 Å². The van der Waals surface area contributed by atoms with E-state index in [0.717, 1.165) is 52.1 Å². The summed E-state index contributed by atoms with van der Waals surface area (Å²) in [6, 6.07) is 1.63. The summed E-state index contributed by atoms with van der Waals surface area (Å²) in [6.45, 7) is 10.7. The number of nitrogens with zero attached hydrogens (tertiary/aromatic N) is 3. The van der Waals surface area contributed by atoms with Crippen LogP contribution >= 0.6 is 0 Å². The standard InChI is InChI=1S/C17H35N5O/c1-14(20-7-5-16(19)6-8-20)3-4-15(2)21-9-11-22(12-10-21)17(23)13-18/h14-16H,3-13,18-19H2,1-2H3. The van der Waals surface area contributed by atoms with E-state index in [4.69, 9.17) is 11.5 Å². The highest BCUT2D eigenvalue weighted by molar-refractivity contribution is 5.78. The molecule has 134 valence electrons. The molecule has 1 amide bonds. The van der Waals surface area contributed by atoms with Gasteiger partial charge in [-0.05, 0) is 52.6 Å². The third kappa shape index (κ3) is 5.41. The Kier molecular flexibility index (Phi) is 7.27. The zero-order valence-electron chi connectivity index (χ0n) is 14.9. The highest BCUT2D eigenvalue weighted by atomic mass is 16.2. The first-order chi connectivity index (χ1) is 11.0. The van der Waals surface area contributed by atoms with Crippen molar-refractivity contribution >= 4 is 5.91 Å². The summed E-state index contributed by atoms with van der Waals surface area (Å²) in [5, 5.41) is 0. The van der Waals surface area contributed by atoms with Gasteiger partial charge in [0.05, 0.1) is 6.54 Å². The van der Waals surface area contributed by atoms with Gasteiger partial charge < -0.3 is 21.3 Å². The lowest BCUT2D eigenvalue weighted by Crippen LogP contribution is -2.52. The lowest BCUT2D eigenvalue weighted by molar-refractivity contribution is -0.131. The molecule has 2 fully saturated rings. The molecule has 2 heterocycles. The molecule has 0 aromatic rings. The van der Waals surface area contributed by atoms with Crippen LogP contribution in [0, 0.1) is 0 Å². The summed E-state index contributed by atoms with van der Waals surface area (Å²) in [5.74, 6) is 0.0780. The minimum absolute atomic E-state index is 0.0780. The van der Waals surface area contributed by atoms with Gasteiger partial charge in [-0.3, -0.25) is 9.69 Å². The van der Waals surface area contributed by atoms with Gasteiger partial charge in [-0.1, -0.05) is 0 Å². The molecule has 2 unspecified atom stereocenters. The fourth-order valence-electron chi connectivity index (χ4n) is 3.75. The number of hydrogen-bond acceptors (Lipinski definition) is 5. The molecule has 23 heavy (non-hydrogen) atoms. The predicted molar refractivity (Wildman–Crippen MR) is 94.1 cm³/mol. The minimum atomic E-state index is 0.0780. The average molecular weight is 326 g/mol. The molecule has 0 radical (unpaired) electrons. The van der Waals surface area contributed by atoms with Gasteiger partial charge in [-0.2, -0.15) is 0 Å². The van der Waals surface area contributed by atoms with Crippen molar-refractivity contribution in [3.63, 3.8) is 0 Å². The van der Waals surface area contributed by atoms with E-state index in [0.29, 0.717) is 18.1 Å². The van der Waals surface area contributed by atoms with Crippen molar-refractivity contribution in [1.82, 2.24) is 14.7 Å². The molecule has 4 N–H and O–H groups in total. The molecule has 2 aliphatic heterocycles. The van der Waals surface area contributed by atoms with Crippen LogP contribution < -0.4 is 11.5 Å². The number of carbonyl (C=O) groups excluding carboxylic acids is 1. The fourth-order valence-corrected chi connectivity index (χ4v) is 3.75. The summed E-state index contributed by atoms with van der Waals surface area (Å²) >= 11 is 0. The van der Waals surface area contributed by atoms with Crippen LogP contribution in [0.25, 0.3) is 0 Å². The van der Waals surface area contributed by atoms with E-state index in [1.54, 1.807) is 0 Å². The first kappa shape index (κ1) is 18.6. The normalized spacial score (nSPS) is 24.6. The largest absolute Gasteiger partial charge is 0.339 e. The molecule has 2 rings (SSSR count). The smallest absolute Gasteiger partial charge is 0.236 e. The molecule has 2 atom stereocenters. The van der Waals surface area contributed by atoms with Crippen LogP contribution in [0.4, 0.5) is 0 Å². The van der Waals surface area contributed by atoms with Crippen molar-refractivity contribution in [1.29, 1.82) is 0 Å². The minimum Gasteiger partial charge on any atom is -0.339 e. The Balaban J connectivity index is 1.67. The molecule has 0 spiro atoms. The van der Waals surface area contributed by atoms with E-state index in [1.807, 2.05) is 4.90 Å². The fraction of sp³-hybridized carbons (Fsp3) is 0.941. The molecule has 0 aromatic heterocycles. The van der Waals surface area contributed by atoms with Crippen LogP contribution in [0.1, 0.15) is 39.5 Å². The quantitative estimate of drug-likeness (QED) is 0.722. The molecule has 6 nitrogen and oxygen atoms in total. The summed E-state index contributed by atoms with van der Waals surface area (Å²) in [5.41, 5.74) is 11.4. The molecular formula is C17H35N5O. The second kappa shape index (κ2) is 8.97. The van der Waals surface area contributed by atoms with Crippen molar-refractivity contribution in [2.45, 2.75) is 57.7 Å². The molecule has 0 saturated carbocycles. The second-order valence-corrected chi connectivity index (χ2v) is 7.27. The van der Waals surface area contributed by atoms with E-state index in [1.165, 1.54) is 12.8 Å². The van der Waals surface area contributed by atoms with Gasteiger partial charge in [0.1, 0.15) is 0 Å². The number of amides is 1. The maximum absolute atomic E-state index is 11.6. The van der Waals surface area contributed by atoms with E-state index < -0.39 is 0 Å². The first-order valence-electron chi connectivity index (χ1n) is 9.22. The maximum atomic E-state index is 11.6. The van der Waals surface area contributed by atoms with Gasteiger partial charge in [0, 0.05) is 44.3 Å². The van der Waals surface area contributed by atoms with Crippen LogP contribution in [0.3, 0.4) is 0 Å². The highest BCUT2D eigenvalue weighted by Gasteiger charge is 2.25. The Morgan fingerprint density at radius 2 is 1.43 bits per heavy atom. The Labute approximate surface area is 141 Å². The molecule has 2 saturated heterocycles. The Bertz CT molecular complexity index is 362. The van der Waals surface area contributed by atoms with E-state index >= 15 is 0 Å². The Morgan fingerprint density at radius 3 is 1.91 bits per heavy atom. The summed E-state index contributed by atoms with van der Waals surface area (Å²) in [7, 11) is 0. The van der Waals surface area contributed by atoms with Crippen molar-refractivity contribution in [3.8, 4) is 0 Å². The number of nitrogens with two attached hydrogens (primary N) is 2. The second-order valence-electron chi connectivity index (χ2n) is 7.27. The van der Waals surface area contributed by atoms with E-state index in [9.17, 15) is 4.79 Å². The van der Waals surface area contributed by atoms with Gasteiger partial charge >= 0.3 is 0 Å². The summed E-state index contributed by atoms with van der Waals surface area (Å²) < 4.78 is 0. The molecule has 6 heteroatoms. The third-order valence-corrected chi connectivity index (χ3v) is 5.66. The summed E-state index contributed by atoms with van der Waals surface area (Å²) in [6.07, 6.45) is 4.72. The summed E-state index contributed by atoms with van der Waals surface area (Å²) in [4.78, 5) is 18.6. The monoisotopic (exact) mass is 325 g/mol. The van der Waals surface area contributed by atoms with Gasteiger partial charge in [0.15, 0.2) is 0 Å². The van der Waals surface area contributed by atoms with Gasteiger partial charge in [-0.25, -0.2) is 0 Å². The first-order valence-corrected chi connectivity index (χ1v) is 9.22. The SMILES string of the molecule is CC(CCC(C)N1CCN(C(=O)CN)CC1)N1CCC(N)CC1. The third-order valence-electron chi connectivity index (χ3n) is 5.66.